The molecule has 5 nitrogen and oxygen atoms in total. The molecule has 2 aromatic rings. The number of benzene rings is 2. The highest BCUT2D eigenvalue weighted by Gasteiger charge is 2.21. The standard InChI is InChI=1S/C18H20FN3O2/c19-17-11-16(22(23)24)8-9-18(17)20-15-7-4-10-21(13-15)12-14-5-2-1-3-6-14/h1-3,5-6,8-9,11,15,20H,4,7,10,12-13H2. The van der Waals surface area contributed by atoms with E-state index < -0.39 is 10.7 Å². The Bertz CT molecular complexity index is 709. The Morgan fingerprint density at radius 1 is 1.25 bits per heavy atom. The Morgan fingerprint density at radius 3 is 2.75 bits per heavy atom. The fraction of sp³-hybridized carbons (Fsp3) is 0.333. The van der Waals surface area contributed by atoms with Crippen molar-refractivity contribution in [3.63, 3.8) is 0 Å². The predicted molar refractivity (Wildman–Crippen MR) is 91.4 cm³/mol. The summed E-state index contributed by atoms with van der Waals surface area (Å²) >= 11 is 0. The first-order valence-electron chi connectivity index (χ1n) is 8.08. The van der Waals surface area contributed by atoms with Gasteiger partial charge in [-0.1, -0.05) is 30.3 Å². The second kappa shape index (κ2) is 7.40. The van der Waals surface area contributed by atoms with Gasteiger partial charge in [-0.05, 0) is 31.0 Å². The molecular formula is C18H20FN3O2. The van der Waals surface area contributed by atoms with Crippen LogP contribution < -0.4 is 5.32 Å². The zero-order valence-electron chi connectivity index (χ0n) is 13.3. The van der Waals surface area contributed by atoms with E-state index in [9.17, 15) is 14.5 Å². The van der Waals surface area contributed by atoms with Gasteiger partial charge < -0.3 is 5.32 Å². The van der Waals surface area contributed by atoms with Crippen LogP contribution in [0.5, 0.6) is 0 Å². The lowest BCUT2D eigenvalue weighted by Crippen LogP contribution is -2.41. The summed E-state index contributed by atoms with van der Waals surface area (Å²) in [6.45, 7) is 2.73. The molecular weight excluding hydrogens is 309 g/mol. The van der Waals surface area contributed by atoms with Crippen LogP contribution in [0, 0.1) is 15.9 Å². The van der Waals surface area contributed by atoms with Crippen LogP contribution in [0.1, 0.15) is 18.4 Å². The molecule has 0 bridgehead atoms. The number of hydrogen-bond donors (Lipinski definition) is 1. The van der Waals surface area contributed by atoms with E-state index in [-0.39, 0.29) is 11.7 Å². The van der Waals surface area contributed by atoms with Crippen molar-refractivity contribution in [2.45, 2.75) is 25.4 Å². The lowest BCUT2D eigenvalue weighted by Gasteiger charge is -2.33. The first-order valence-corrected chi connectivity index (χ1v) is 8.08. The average Bonchev–Trinajstić information content (AvgIpc) is 2.58. The highest BCUT2D eigenvalue weighted by molar-refractivity contribution is 5.50. The van der Waals surface area contributed by atoms with Crippen molar-refractivity contribution in [3.05, 3.63) is 70.0 Å². The number of nitrogens with zero attached hydrogens (tertiary/aromatic N) is 2. The molecule has 0 spiro atoms. The molecule has 2 aromatic carbocycles. The summed E-state index contributed by atoms with van der Waals surface area (Å²) < 4.78 is 14.0. The van der Waals surface area contributed by atoms with Gasteiger partial charge in [0, 0.05) is 25.2 Å². The van der Waals surface area contributed by atoms with Crippen molar-refractivity contribution in [1.82, 2.24) is 4.90 Å². The summed E-state index contributed by atoms with van der Waals surface area (Å²) in [6, 6.07) is 14.1. The van der Waals surface area contributed by atoms with Gasteiger partial charge in [0.05, 0.1) is 16.7 Å². The molecule has 0 aromatic heterocycles. The summed E-state index contributed by atoms with van der Waals surface area (Å²) in [7, 11) is 0. The van der Waals surface area contributed by atoms with E-state index in [1.807, 2.05) is 18.2 Å². The van der Waals surface area contributed by atoms with Gasteiger partial charge in [-0.15, -0.1) is 0 Å². The van der Waals surface area contributed by atoms with Crippen molar-refractivity contribution in [2.75, 3.05) is 18.4 Å². The Balaban J connectivity index is 1.62. The Kier molecular flexibility index (Phi) is 5.05. The van der Waals surface area contributed by atoms with Gasteiger partial charge in [0.25, 0.3) is 5.69 Å². The average molecular weight is 329 g/mol. The molecule has 0 radical (unpaired) electrons. The summed E-state index contributed by atoms with van der Waals surface area (Å²) in [4.78, 5) is 12.4. The minimum Gasteiger partial charge on any atom is -0.379 e. The van der Waals surface area contributed by atoms with E-state index in [1.54, 1.807) is 0 Å². The van der Waals surface area contributed by atoms with Crippen LogP contribution in [0.2, 0.25) is 0 Å². The number of rotatable bonds is 5. The van der Waals surface area contributed by atoms with Crippen LogP contribution in [-0.4, -0.2) is 29.0 Å². The van der Waals surface area contributed by atoms with Crippen molar-refractivity contribution in [1.29, 1.82) is 0 Å². The first-order chi connectivity index (χ1) is 11.6. The molecule has 6 heteroatoms. The molecule has 1 saturated heterocycles. The molecule has 24 heavy (non-hydrogen) atoms. The van der Waals surface area contributed by atoms with E-state index in [4.69, 9.17) is 0 Å². The maximum absolute atomic E-state index is 14.0. The second-order valence-corrected chi connectivity index (χ2v) is 6.13. The van der Waals surface area contributed by atoms with Crippen molar-refractivity contribution < 1.29 is 9.31 Å². The number of likely N-dealkylation sites (tertiary alicyclic amines) is 1. The zero-order valence-corrected chi connectivity index (χ0v) is 13.3. The maximum Gasteiger partial charge on any atom is 0.272 e. The minimum atomic E-state index is -0.588. The molecule has 1 unspecified atom stereocenters. The number of nitrogens with one attached hydrogen (secondary N) is 1. The Morgan fingerprint density at radius 2 is 2.04 bits per heavy atom. The van der Waals surface area contributed by atoms with Crippen LogP contribution in [-0.2, 0) is 6.54 Å². The zero-order chi connectivity index (χ0) is 16.9. The summed E-state index contributed by atoms with van der Waals surface area (Å²) in [5, 5.41) is 13.9. The number of halogens is 1. The number of anilines is 1. The fourth-order valence-corrected chi connectivity index (χ4v) is 3.11. The summed E-state index contributed by atoms with van der Waals surface area (Å²) in [5.74, 6) is -0.579. The third kappa shape index (κ3) is 4.08. The highest BCUT2D eigenvalue weighted by Crippen LogP contribution is 2.23. The third-order valence-corrected chi connectivity index (χ3v) is 4.28. The smallest absolute Gasteiger partial charge is 0.272 e. The molecule has 0 aliphatic carbocycles. The number of nitro groups is 1. The molecule has 1 atom stereocenters. The van der Waals surface area contributed by atoms with Crippen molar-refractivity contribution in [3.8, 4) is 0 Å². The van der Waals surface area contributed by atoms with Crippen LogP contribution in [0.25, 0.3) is 0 Å². The van der Waals surface area contributed by atoms with Crippen LogP contribution in [0.3, 0.4) is 0 Å². The van der Waals surface area contributed by atoms with Gasteiger partial charge in [-0.2, -0.15) is 0 Å². The van der Waals surface area contributed by atoms with Crippen LogP contribution in [0.15, 0.2) is 48.5 Å². The number of piperidine rings is 1. The van der Waals surface area contributed by atoms with Gasteiger partial charge >= 0.3 is 0 Å². The Hall–Kier alpha value is -2.47. The van der Waals surface area contributed by atoms with Crippen molar-refractivity contribution >= 4 is 11.4 Å². The summed E-state index contributed by atoms with van der Waals surface area (Å²) in [6.07, 6.45) is 2.00. The minimum absolute atomic E-state index is 0.137. The monoisotopic (exact) mass is 329 g/mol. The van der Waals surface area contributed by atoms with Gasteiger partial charge in [0.15, 0.2) is 5.82 Å². The molecule has 1 aliphatic rings. The quantitative estimate of drug-likeness (QED) is 0.669. The van der Waals surface area contributed by atoms with E-state index in [2.05, 4.69) is 22.3 Å². The lowest BCUT2D eigenvalue weighted by molar-refractivity contribution is -0.385. The van der Waals surface area contributed by atoms with E-state index in [0.29, 0.717) is 5.69 Å². The number of hydrogen-bond acceptors (Lipinski definition) is 4. The Labute approximate surface area is 140 Å². The largest absolute Gasteiger partial charge is 0.379 e. The van der Waals surface area contributed by atoms with Gasteiger partial charge in [-0.3, -0.25) is 15.0 Å². The molecule has 126 valence electrons. The lowest BCUT2D eigenvalue weighted by atomic mass is 10.0. The molecule has 0 saturated carbocycles. The molecule has 1 fully saturated rings. The predicted octanol–water partition coefficient (Wildman–Crippen LogP) is 3.81. The summed E-state index contributed by atoms with van der Waals surface area (Å²) in [5.41, 5.74) is 1.36. The molecule has 1 N–H and O–H groups in total. The SMILES string of the molecule is O=[N+]([O-])c1ccc(NC2CCCN(Cc3ccccc3)C2)c(F)c1. The van der Waals surface area contributed by atoms with E-state index in [0.717, 1.165) is 38.5 Å². The van der Waals surface area contributed by atoms with E-state index in [1.165, 1.54) is 17.7 Å². The second-order valence-electron chi connectivity index (χ2n) is 6.13. The fourth-order valence-electron chi connectivity index (χ4n) is 3.11. The molecule has 0 amide bonds. The maximum atomic E-state index is 14.0. The normalized spacial score (nSPS) is 18.3. The molecule has 1 heterocycles. The third-order valence-electron chi connectivity index (χ3n) is 4.28. The topological polar surface area (TPSA) is 58.4 Å². The van der Waals surface area contributed by atoms with Crippen molar-refractivity contribution in [2.24, 2.45) is 0 Å². The molecule has 1 aliphatic heterocycles. The van der Waals surface area contributed by atoms with Gasteiger partial charge in [0.2, 0.25) is 0 Å². The van der Waals surface area contributed by atoms with Crippen LogP contribution in [0.4, 0.5) is 15.8 Å². The van der Waals surface area contributed by atoms with Gasteiger partial charge in [0.1, 0.15) is 0 Å². The van der Waals surface area contributed by atoms with Gasteiger partial charge in [-0.25, -0.2) is 4.39 Å². The molecule has 3 rings (SSSR count). The number of non-ortho nitro benzene ring substituents is 1. The number of nitro benzene ring substituents is 1. The van der Waals surface area contributed by atoms with Crippen LogP contribution >= 0.6 is 0 Å². The highest BCUT2D eigenvalue weighted by atomic mass is 19.1. The van der Waals surface area contributed by atoms with E-state index >= 15 is 0 Å². The first kappa shape index (κ1) is 16.4.